The first-order valence-corrected chi connectivity index (χ1v) is 10.8. The Bertz CT molecular complexity index is 1030. The van der Waals surface area contributed by atoms with Crippen LogP contribution in [0.5, 0.6) is 0 Å². The summed E-state index contributed by atoms with van der Waals surface area (Å²) in [5.74, 6) is -0.718. The van der Waals surface area contributed by atoms with Crippen LogP contribution >= 0.6 is 0 Å². The number of carbonyl (C=O) groups excluding carboxylic acids is 1. The number of anilines is 1. The van der Waals surface area contributed by atoms with E-state index in [2.05, 4.69) is 10.1 Å². The lowest BCUT2D eigenvalue weighted by Crippen LogP contribution is -2.34. The molecule has 0 unspecified atom stereocenters. The Morgan fingerprint density at radius 2 is 1.94 bits per heavy atom. The van der Waals surface area contributed by atoms with Crippen LogP contribution in [-0.2, 0) is 17.5 Å². The summed E-state index contributed by atoms with van der Waals surface area (Å²) in [6.45, 7) is -0.541. The number of carbonyl (C=O) groups is 1. The summed E-state index contributed by atoms with van der Waals surface area (Å²) in [6.07, 6.45) is -2.86. The third-order valence-electron chi connectivity index (χ3n) is 5.82. The molecule has 2 heterocycles. The lowest BCUT2D eigenvalue weighted by Gasteiger charge is -2.24. The van der Waals surface area contributed by atoms with Gasteiger partial charge in [0.25, 0.3) is 5.56 Å². The minimum atomic E-state index is -4.67. The molecule has 0 saturated heterocycles. The van der Waals surface area contributed by atoms with Crippen molar-refractivity contribution in [3.05, 3.63) is 51.6 Å². The van der Waals surface area contributed by atoms with Crippen molar-refractivity contribution in [3.63, 3.8) is 0 Å². The number of pyridine rings is 1. The van der Waals surface area contributed by atoms with Crippen molar-refractivity contribution in [2.24, 2.45) is 0 Å². The highest BCUT2D eigenvalue weighted by Gasteiger charge is 2.34. The van der Waals surface area contributed by atoms with Crippen molar-refractivity contribution in [1.29, 1.82) is 0 Å². The molecule has 6 nitrogen and oxygen atoms in total. The molecule has 0 aliphatic heterocycles. The Labute approximate surface area is 187 Å². The molecule has 0 radical (unpaired) electrons. The van der Waals surface area contributed by atoms with Gasteiger partial charge in [0, 0.05) is 31.6 Å². The molecule has 1 amide bonds. The fourth-order valence-electron chi connectivity index (χ4n) is 4.02. The van der Waals surface area contributed by atoms with Gasteiger partial charge in [-0.1, -0.05) is 19.3 Å². The van der Waals surface area contributed by atoms with E-state index < -0.39 is 49.0 Å². The molecule has 0 bridgehead atoms. The molecule has 0 spiro atoms. The minimum Gasteiger partial charge on any atom is -0.299 e. The third kappa shape index (κ3) is 6.14. The molecular formula is C22H25F5N4O2. The topological polar surface area (TPSA) is 68.1 Å². The van der Waals surface area contributed by atoms with Crippen LogP contribution in [-0.4, -0.2) is 34.1 Å². The smallest absolute Gasteiger partial charge is 0.299 e. The summed E-state index contributed by atoms with van der Waals surface area (Å²) < 4.78 is 66.2. The second-order valence-corrected chi connectivity index (χ2v) is 8.13. The molecule has 33 heavy (non-hydrogen) atoms. The van der Waals surface area contributed by atoms with E-state index >= 15 is 0 Å². The summed E-state index contributed by atoms with van der Waals surface area (Å²) in [7, 11) is 1.34. The lowest BCUT2D eigenvalue weighted by atomic mass is 9.85. The van der Waals surface area contributed by atoms with E-state index in [1.165, 1.54) is 19.3 Å². The molecule has 1 aliphatic carbocycles. The van der Waals surface area contributed by atoms with Crippen LogP contribution in [0.1, 0.15) is 67.7 Å². The van der Waals surface area contributed by atoms with E-state index in [4.69, 9.17) is 0 Å². The molecule has 0 atom stereocenters. The predicted octanol–water partition coefficient (Wildman–Crippen LogP) is 4.76. The molecule has 2 aromatic heterocycles. The van der Waals surface area contributed by atoms with E-state index in [9.17, 15) is 31.5 Å². The zero-order valence-corrected chi connectivity index (χ0v) is 18.1. The zero-order valence-electron chi connectivity index (χ0n) is 18.1. The summed E-state index contributed by atoms with van der Waals surface area (Å²) in [6, 6.07) is 3.49. The molecule has 0 N–H and O–H groups in total. The van der Waals surface area contributed by atoms with E-state index in [-0.39, 0.29) is 17.4 Å². The largest absolute Gasteiger partial charge is 0.418 e. The van der Waals surface area contributed by atoms with Gasteiger partial charge in [0.1, 0.15) is 0 Å². The number of hydrogen-bond donors (Lipinski definition) is 0. The van der Waals surface area contributed by atoms with Gasteiger partial charge in [-0.2, -0.15) is 18.3 Å². The third-order valence-corrected chi connectivity index (χ3v) is 5.82. The van der Waals surface area contributed by atoms with Gasteiger partial charge in [0.15, 0.2) is 5.82 Å². The number of rotatable bonds is 7. The van der Waals surface area contributed by atoms with Crippen LogP contribution in [0, 0.1) is 0 Å². The molecule has 0 aromatic carbocycles. The molecule has 1 saturated carbocycles. The van der Waals surface area contributed by atoms with Crippen LogP contribution < -0.4 is 10.5 Å². The fourth-order valence-corrected chi connectivity index (χ4v) is 4.02. The van der Waals surface area contributed by atoms with Crippen LogP contribution in [0.25, 0.3) is 0 Å². The Kier molecular flexibility index (Phi) is 7.80. The van der Waals surface area contributed by atoms with E-state index in [0.29, 0.717) is 5.56 Å². The quantitative estimate of drug-likeness (QED) is 0.545. The van der Waals surface area contributed by atoms with Gasteiger partial charge >= 0.3 is 6.18 Å². The Morgan fingerprint density at radius 3 is 2.58 bits per heavy atom. The standard InChI is InChI=1S/C22H25F5N4O2/c1-30(20(32)10-9-18(23)24)19-12-15(14-6-3-2-4-7-14)21(33)31(29-19)13-17-16(22(25,26)27)8-5-11-28-17/h5,8,11-12,14,18H,2-4,6-7,9-10,13H2,1H3. The molecule has 1 aliphatic rings. The zero-order chi connectivity index (χ0) is 24.2. The summed E-state index contributed by atoms with van der Waals surface area (Å²) in [5.41, 5.74) is -1.54. The van der Waals surface area contributed by atoms with Crippen molar-refractivity contribution in [1.82, 2.24) is 14.8 Å². The number of nitrogens with zero attached hydrogens (tertiary/aromatic N) is 4. The van der Waals surface area contributed by atoms with Gasteiger partial charge in [0.05, 0.1) is 17.8 Å². The number of halogens is 5. The second kappa shape index (κ2) is 10.4. The van der Waals surface area contributed by atoms with E-state index in [1.54, 1.807) is 0 Å². The number of hydrogen-bond acceptors (Lipinski definition) is 4. The van der Waals surface area contributed by atoms with Gasteiger partial charge in [-0.15, -0.1) is 0 Å². The highest BCUT2D eigenvalue weighted by molar-refractivity contribution is 5.91. The maximum absolute atomic E-state index is 13.4. The van der Waals surface area contributed by atoms with Crippen molar-refractivity contribution >= 4 is 11.7 Å². The Balaban J connectivity index is 2.03. The highest BCUT2D eigenvalue weighted by Crippen LogP contribution is 2.33. The Morgan fingerprint density at radius 1 is 1.24 bits per heavy atom. The van der Waals surface area contributed by atoms with Gasteiger partial charge in [-0.3, -0.25) is 19.5 Å². The molecule has 180 valence electrons. The van der Waals surface area contributed by atoms with Gasteiger partial charge < -0.3 is 0 Å². The maximum Gasteiger partial charge on any atom is 0.418 e. The predicted molar refractivity (Wildman–Crippen MR) is 111 cm³/mol. The number of aromatic nitrogens is 3. The molecule has 11 heteroatoms. The summed E-state index contributed by atoms with van der Waals surface area (Å²) in [5, 5.41) is 4.11. The van der Waals surface area contributed by atoms with Crippen LogP contribution in [0.15, 0.2) is 29.2 Å². The van der Waals surface area contributed by atoms with E-state index in [1.807, 2.05) is 0 Å². The lowest BCUT2D eigenvalue weighted by molar-refractivity contribution is -0.138. The minimum absolute atomic E-state index is 0.0268. The number of alkyl halides is 5. The van der Waals surface area contributed by atoms with Crippen molar-refractivity contribution in [2.45, 2.75) is 70.0 Å². The Hall–Kier alpha value is -2.85. The monoisotopic (exact) mass is 472 g/mol. The van der Waals surface area contributed by atoms with Crippen LogP contribution in [0.3, 0.4) is 0 Å². The van der Waals surface area contributed by atoms with Gasteiger partial charge in [-0.05, 0) is 37.0 Å². The molecule has 1 fully saturated rings. The average Bonchev–Trinajstić information content (AvgIpc) is 2.78. The van der Waals surface area contributed by atoms with Gasteiger partial charge in [-0.25, -0.2) is 13.5 Å². The van der Waals surface area contributed by atoms with Crippen molar-refractivity contribution in [3.8, 4) is 0 Å². The highest BCUT2D eigenvalue weighted by atomic mass is 19.4. The molecular weight excluding hydrogens is 447 g/mol. The van der Waals surface area contributed by atoms with E-state index in [0.717, 1.165) is 53.8 Å². The summed E-state index contributed by atoms with van der Waals surface area (Å²) in [4.78, 5) is 30.4. The SMILES string of the molecule is CN(C(=O)CCC(F)F)c1cc(C2CCCCC2)c(=O)n(Cc2ncccc2C(F)(F)F)n1. The first kappa shape index (κ1) is 24.8. The molecule has 3 rings (SSSR count). The first-order chi connectivity index (χ1) is 15.6. The second-order valence-electron chi connectivity index (χ2n) is 8.13. The maximum atomic E-state index is 13.4. The summed E-state index contributed by atoms with van der Waals surface area (Å²) >= 11 is 0. The average molecular weight is 472 g/mol. The van der Waals surface area contributed by atoms with Crippen molar-refractivity contribution in [2.75, 3.05) is 11.9 Å². The first-order valence-electron chi connectivity index (χ1n) is 10.8. The van der Waals surface area contributed by atoms with Crippen LogP contribution in [0.2, 0.25) is 0 Å². The fraction of sp³-hybridized carbons (Fsp3) is 0.545. The normalized spacial score (nSPS) is 15.1. The van der Waals surface area contributed by atoms with Crippen LogP contribution in [0.4, 0.5) is 27.8 Å². The number of amides is 1. The van der Waals surface area contributed by atoms with Gasteiger partial charge in [0.2, 0.25) is 12.3 Å². The van der Waals surface area contributed by atoms with Crippen molar-refractivity contribution < 1.29 is 26.7 Å². The molecule has 2 aromatic rings.